The molecular weight excluding hydrogens is 236 g/mol. The molecule has 1 saturated carbocycles. The van der Waals surface area contributed by atoms with Crippen molar-refractivity contribution in [2.75, 3.05) is 0 Å². The molecule has 4 nitrogen and oxygen atoms in total. The van der Waals surface area contributed by atoms with E-state index >= 15 is 0 Å². The monoisotopic (exact) mass is 248 g/mol. The van der Waals surface area contributed by atoms with Gasteiger partial charge < -0.3 is 10.1 Å². The third-order valence-electron chi connectivity index (χ3n) is 3.46. The third kappa shape index (κ3) is 1.50. The van der Waals surface area contributed by atoms with E-state index in [1.54, 1.807) is 0 Å². The van der Waals surface area contributed by atoms with E-state index in [0.29, 0.717) is 12.8 Å². The van der Waals surface area contributed by atoms with Crippen molar-refractivity contribution in [1.29, 1.82) is 0 Å². The molecule has 2 N–H and O–H groups in total. The van der Waals surface area contributed by atoms with Crippen LogP contribution in [0.4, 0.5) is 0 Å². The number of thiazole rings is 1. The first-order valence-electron chi connectivity index (χ1n) is 5.55. The van der Waals surface area contributed by atoms with Gasteiger partial charge in [-0.1, -0.05) is 6.42 Å². The summed E-state index contributed by atoms with van der Waals surface area (Å²) >= 11 is 1.51. The second kappa shape index (κ2) is 3.70. The average molecular weight is 248 g/mol. The highest BCUT2D eigenvalue weighted by atomic mass is 32.1. The SMILES string of the molecule is O=C(O)C1(c2csc(-c3cc[nH]c3)n2)CCC1. The minimum Gasteiger partial charge on any atom is -0.481 e. The molecule has 0 aliphatic heterocycles. The Morgan fingerprint density at radius 2 is 2.35 bits per heavy atom. The molecule has 0 radical (unpaired) electrons. The van der Waals surface area contributed by atoms with E-state index in [1.165, 1.54) is 11.3 Å². The lowest BCUT2D eigenvalue weighted by Crippen LogP contribution is -2.42. The average Bonchev–Trinajstić information content (AvgIpc) is 2.83. The number of carbonyl (C=O) groups is 1. The second-order valence-corrected chi connectivity index (χ2v) is 5.24. The molecule has 17 heavy (non-hydrogen) atoms. The summed E-state index contributed by atoms with van der Waals surface area (Å²) in [7, 11) is 0. The van der Waals surface area contributed by atoms with Crippen LogP contribution in [-0.2, 0) is 10.2 Å². The molecule has 0 saturated heterocycles. The van der Waals surface area contributed by atoms with Gasteiger partial charge in [0.25, 0.3) is 0 Å². The van der Waals surface area contributed by atoms with E-state index in [4.69, 9.17) is 0 Å². The van der Waals surface area contributed by atoms with Crippen molar-refractivity contribution < 1.29 is 9.90 Å². The van der Waals surface area contributed by atoms with Gasteiger partial charge in [-0.25, -0.2) is 4.98 Å². The van der Waals surface area contributed by atoms with Crippen molar-refractivity contribution in [2.24, 2.45) is 0 Å². The number of aromatic nitrogens is 2. The van der Waals surface area contributed by atoms with Crippen molar-refractivity contribution in [1.82, 2.24) is 9.97 Å². The van der Waals surface area contributed by atoms with Crippen molar-refractivity contribution in [3.63, 3.8) is 0 Å². The molecule has 1 aliphatic rings. The van der Waals surface area contributed by atoms with Crippen molar-refractivity contribution in [3.05, 3.63) is 29.5 Å². The number of nitrogens with zero attached hydrogens (tertiary/aromatic N) is 1. The summed E-state index contributed by atoms with van der Waals surface area (Å²) in [5.41, 5.74) is 1.02. The maximum absolute atomic E-state index is 11.4. The number of nitrogens with one attached hydrogen (secondary N) is 1. The van der Waals surface area contributed by atoms with Gasteiger partial charge in [-0.3, -0.25) is 4.79 Å². The lowest BCUT2D eigenvalue weighted by atomic mass is 9.67. The van der Waals surface area contributed by atoms with Crippen LogP contribution in [0.15, 0.2) is 23.8 Å². The molecule has 1 fully saturated rings. The van der Waals surface area contributed by atoms with Gasteiger partial charge >= 0.3 is 5.97 Å². The topological polar surface area (TPSA) is 66.0 Å². The Kier molecular flexibility index (Phi) is 2.29. The molecule has 2 aromatic heterocycles. The number of aliphatic carboxylic acids is 1. The van der Waals surface area contributed by atoms with Crippen molar-refractivity contribution >= 4 is 17.3 Å². The van der Waals surface area contributed by atoms with Crippen LogP contribution in [0.1, 0.15) is 25.0 Å². The fourth-order valence-corrected chi connectivity index (χ4v) is 3.11. The summed E-state index contributed by atoms with van der Waals surface area (Å²) in [6, 6.07) is 1.94. The molecule has 0 unspecified atom stereocenters. The molecule has 88 valence electrons. The van der Waals surface area contributed by atoms with Crippen LogP contribution in [0.5, 0.6) is 0 Å². The van der Waals surface area contributed by atoms with E-state index in [1.807, 2.05) is 23.8 Å². The van der Waals surface area contributed by atoms with Gasteiger partial charge in [0.15, 0.2) is 0 Å². The first-order valence-corrected chi connectivity index (χ1v) is 6.43. The van der Waals surface area contributed by atoms with Crippen LogP contribution in [0.2, 0.25) is 0 Å². The fraction of sp³-hybridized carbons (Fsp3) is 0.333. The number of carboxylic acid groups (broad SMARTS) is 1. The minimum atomic E-state index is -0.741. The molecule has 0 spiro atoms. The quantitative estimate of drug-likeness (QED) is 0.877. The molecule has 2 heterocycles. The highest BCUT2D eigenvalue weighted by Crippen LogP contribution is 2.44. The normalized spacial score (nSPS) is 17.6. The summed E-state index contributed by atoms with van der Waals surface area (Å²) in [5, 5.41) is 12.1. The first kappa shape index (κ1) is 10.5. The van der Waals surface area contributed by atoms with Crippen LogP contribution < -0.4 is 0 Å². The lowest BCUT2D eigenvalue weighted by Gasteiger charge is -2.35. The summed E-state index contributed by atoms with van der Waals surface area (Å²) in [6.07, 6.45) is 6.10. The zero-order valence-corrected chi connectivity index (χ0v) is 9.96. The first-order chi connectivity index (χ1) is 8.22. The Bertz CT molecular complexity index is 541. The van der Waals surface area contributed by atoms with Crippen LogP contribution in [0.3, 0.4) is 0 Å². The number of hydrogen-bond donors (Lipinski definition) is 2. The zero-order chi connectivity index (χ0) is 11.9. The number of carboxylic acids is 1. The van der Waals surface area contributed by atoms with Gasteiger partial charge in [0, 0.05) is 23.3 Å². The smallest absolute Gasteiger partial charge is 0.315 e. The van der Waals surface area contributed by atoms with Gasteiger partial charge in [-0.2, -0.15) is 0 Å². The van der Waals surface area contributed by atoms with E-state index in [9.17, 15) is 9.90 Å². The molecule has 0 bridgehead atoms. The molecular formula is C12H12N2O2S. The molecule has 2 aromatic rings. The van der Waals surface area contributed by atoms with Gasteiger partial charge in [-0.05, 0) is 18.9 Å². The van der Waals surface area contributed by atoms with Gasteiger partial charge in [0.2, 0.25) is 0 Å². The summed E-state index contributed by atoms with van der Waals surface area (Å²) in [4.78, 5) is 18.8. The number of hydrogen-bond acceptors (Lipinski definition) is 3. The minimum absolute atomic E-state index is 0.707. The van der Waals surface area contributed by atoms with Crippen LogP contribution >= 0.6 is 11.3 Å². The lowest BCUT2D eigenvalue weighted by molar-refractivity contribution is -0.147. The Labute approximate surface area is 102 Å². The Hall–Kier alpha value is -1.62. The van der Waals surface area contributed by atoms with Crippen molar-refractivity contribution in [3.8, 4) is 10.6 Å². The standard InChI is InChI=1S/C12H12N2O2S/c15-11(16)12(3-1-4-12)9-7-17-10(14-9)8-2-5-13-6-8/h2,5-7,13H,1,3-4H2,(H,15,16). The summed E-state index contributed by atoms with van der Waals surface area (Å²) in [6.45, 7) is 0. The molecule has 5 heteroatoms. The number of H-pyrrole nitrogens is 1. The summed E-state index contributed by atoms with van der Waals surface area (Å²) < 4.78 is 0. The predicted octanol–water partition coefficient (Wildman–Crippen LogP) is 2.64. The Morgan fingerprint density at radius 3 is 2.88 bits per heavy atom. The molecule has 0 atom stereocenters. The van der Waals surface area contributed by atoms with Crippen LogP contribution in [0.25, 0.3) is 10.6 Å². The van der Waals surface area contributed by atoms with E-state index in [2.05, 4.69) is 9.97 Å². The van der Waals surface area contributed by atoms with Gasteiger partial charge in [-0.15, -0.1) is 11.3 Å². The van der Waals surface area contributed by atoms with Gasteiger partial charge in [0.1, 0.15) is 10.4 Å². The molecule has 0 amide bonds. The Balaban J connectivity index is 1.98. The maximum Gasteiger partial charge on any atom is 0.315 e. The number of aromatic amines is 1. The Morgan fingerprint density at radius 1 is 1.53 bits per heavy atom. The maximum atomic E-state index is 11.4. The van der Waals surface area contributed by atoms with E-state index in [-0.39, 0.29) is 0 Å². The third-order valence-corrected chi connectivity index (χ3v) is 4.35. The highest BCUT2D eigenvalue weighted by molar-refractivity contribution is 7.13. The van der Waals surface area contributed by atoms with E-state index in [0.717, 1.165) is 22.7 Å². The molecule has 1 aliphatic carbocycles. The van der Waals surface area contributed by atoms with Crippen LogP contribution in [0, 0.1) is 0 Å². The summed E-state index contributed by atoms with van der Waals surface area (Å²) in [5.74, 6) is -0.741. The zero-order valence-electron chi connectivity index (χ0n) is 9.14. The number of rotatable bonds is 3. The molecule has 3 rings (SSSR count). The highest BCUT2D eigenvalue weighted by Gasteiger charge is 2.47. The molecule has 0 aromatic carbocycles. The van der Waals surface area contributed by atoms with E-state index < -0.39 is 11.4 Å². The van der Waals surface area contributed by atoms with Crippen molar-refractivity contribution in [2.45, 2.75) is 24.7 Å². The largest absolute Gasteiger partial charge is 0.481 e. The second-order valence-electron chi connectivity index (χ2n) is 4.38. The fourth-order valence-electron chi connectivity index (χ4n) is 2.19. The van der Waals surface area contributed by atoms with Gasteiger partial charge in [0.05, 0.1) is 5.69 Å². The van der Waals surface area contributed by atoms with Crippen LogP contribution in [-0.4, -0.2) is 21.0 Å². The predicted molar refractivity (Wildman–Crippen MR) is 65.1 cm³/mol.